The molecule has 0 bridgehead atoms. The van der Waals surface area contributed by atoms with Crippen molar-refractivity contribution in [3.05, 3.63) is 70.9 Å². The maximum absolute atomic E-state index is 13.5. The Balaban J connectivity index is 1.85. The zero-order valence-electron chi connectivity index (χ0n) is 25.1. The number of rotatable bonds is 9. The van der Waals surface area contributed by atoms with E-state index in [1.165, 1.54) is 0 Å². The summed E-state index contributed by atoms with van der Waals surface area (Å²) in [7, 11) is 0. The van der Waals surface area contributed by atoms with Gasteiger partial charge in [-0.1, -0.05) is 91.3 Å². The van der Waals surface area contributed by atoms with Gasteiger partial charge in [0.05, 0.1) is 11.4 Å². The van der Waals surface area contributed by atoms with Gasteiger partial charge in [-0.25, -0.2) is 9.48 Å². The van der Waals surface area contributed by atoms with E-state index in [-0.39, 0.29) is 35.7 Å². The summed E-state index contributed by atoms with van der Waals surface area (Å²) < 4.78 is 1.76. The third-order valence-corrected chi connectivity index (χ3v) is 6.74. The van der Waals surface area contributed by atoms with Gasteiger partial charge in [0.15, 0.2) is 0 Å². The van der Waals surface area contributed by atoms with E-state index in [0.29, 0.717) is 12.4 Å². The maximum Gasteiger partial charge on any atom is 0.322 e. The molecule has 0 aliphatic rings. The lowest BCUT2D eigenvalue weighted by atomic mass is 9.92. The van der Waals surface area contributed by atoms with Gasteiger partial charge in [-0.15, -0.1) is 0 Å². The van der Waals surface area contributed by atoms with Crippen LogP contribution in [0.5, 0.6) is 0 Å². The molecule has 0 fully saturated rings. The average molecular weight is 532 g/mol. The Labute approximate surface area is 234 Å². The van der Waals surface area contributed by atoms with Crippen molar-refractivity contribution in [3.63, 3.8) is 0 Å². The van der Waals surface area contributed by atoms with Crippen LogP contribution in [0.3, 0.4) is 0 Å². The Morgan fingerprint density at radius 3 is 2.05 bits per heavy atom. The summed E-state index contributed by atoms with van der Waals surface area (Å²) in [5.41, 5.74) is 5.71. The van der Waals surface area contributed by atoms with Crippen LogP contribution in [0.1, 0.15) is 96.0 Å². The molecule has 0 aliphatic carbocycles. The summed E-state index contributed by atoms with van der Waals surface area (Å²) in [6, 6.07) is 15.8. The van der Waals surface area contributed by atoms with Gasteiger partial charge in [0.1, 0.15) is 12.4 Å². The summed E-state index contributed by atoms with van der Waals surface area (Å²) in [6.07, 6.45) is 0.735. The molecule has 3 aromatic rings. The number of hydrogen-bond acceptors (Lipinski definition) is 3. The molecule has 2 N–H and O–H groups in total. The van der Waals surface area contributed by atoms with Gasteiger partial charge in [-0.3, -0.25) is 4.79 Å². The lowest BCUT2D eigenvalue weighted by molar-refractivity contribution is -0.116. The number of hydrogen-bond donors (Lipinski definition) is 2. The molecule has 0 spiro atoms. The van der Waals surface area contributed by atoms with Crippen LogP contribution in [0.25, 0.3) is 5.69 Å². The van der Waals surface area contributed by atoms with Crippen LogP contribution in [0.2, 0.25) is 0 Å². The van der Waals surface area contributed by atoms with E-state index in [2.05, 4.69) is 71.2 Å². The first-order valence-electron chi connectivity index (χ1n) is 14.0. The van der Waals surface area contributed by atoms with Gasteiger partial charge >= 0.3 is 6.03 Å². The van der Waals surface area contributed by atoms with Crippen LogP contribution in [-0.2, 0) is 10.2 Å². The highest BCUT2D eigenvalue weighted by Gasteiger charge is 2.24. The number of nitrogens with one attached hydrogen (secondary N) is 2. The zero-order chi connectivity index (χ0) is 28.9. The average Bonchev–Trinajstić information content (AvgIpc) is 3.28. The van der Waals surface area contributed by atoms with Crippen LogP contribution in [-0.4, -0.2) is 39.7 Å². The molecule has 2 aromatic carbocycles. The lowest BCUT2D eigenvalue weighted by Crippen LogP contribution is -2.41. The SMILES string of the molecule is CCCN(CC(=O)Nc1cc(C(C)(C)C)nn1-c1ccc(C)cc1)C(=O)Nc1c(C(C)C)cccc1C(C)C. The Morgan fingerprint density at radius 1 is 0.949 bits per heavy atom. The summed E-state index contributed by atoms with van der Waals surface area (Å²) in [6.45, 7) is 19.2. The summed E-state index contributed by atoms with van der Waals surface area (Å²) in [5, 5.41) is 11.0. The van der Waals surface area contributed by atoms with Gasteiger partial charge in [-0.2, -0.15) is 5.10 Å². The fourth-order valence-electron chi connectivity index (χ4n) is 4.48. The topological polar surface area (TPSA) is 79.3 Å². The second-order valence-corrected chi connectivity index (χ2v) is 11.9. The van der Waals surface area contributed by atoms with Crippen molar-refractivity contribution in [2.75, 3.05) is 23.7 Å². The van der Waals surface area contributed by atoms with Gasteiger partial charge in [-0.05, 0) is 48.4 Å². The Bertz CT molecular complexity index is 1260. The number of anilines is 2. The number of aryl methyl sites for hydroxylation is 1. The van der Waals surface area contributed by atoms with Gasteiger partial charge < -0.3 is 15.5 Å². The smallest absolute Gasteiger partial charge is 0.315 e. The third-order valence-electron chi connectivity index (χ3n) is 6.74. The number of carbonyl (C=O) groups excluding carboxylic acids is 2. The minimum Gasteiger partial charge on any atom is -0.315 e. The molecule has 3 amide bonds. The summed E-state index contributed by atoms with van der Waals surface area (Å²) in [4.78, 5) is 28.4. The second-order valence-electron chi connectivity index (χ2n) is 11.9. The number of aromatic nitrogens is 2. The van der Waals surface area contributed by atoms with E-state index in [9.17, 15) is 9.59 Å². The van der Waals surface area contributed by atoms with Crippen LogP contribution in [0, 0.1) is 6.92 Å². The predicted molar refractivity (Wildman–Crippen MR) is 161 cm³/mol. The second kappa shape index (κ2) is 12.5. The Morgan fingerprint density at radius 2 is 1.54 bits per heavy atom. The van der Waals surface area contributed by atoms with E-state index in [1.54, 1.807) is 9.58 Å². The minimum atomic E-state index is -0.274. The van der Waals surface area contributed by atoms with E-state index < -0.39 is 0 Å². The first kappa shape index (κ1) is 29.9. The first-order valence-corrected chi connectivity index (χ1v) is 14.0. The number of benzene rings is 2. The van der Waals surface area contributed by atoms with E-state index in [4.69, 9.17) is 5.10 Å². The molecule has 1 heterocycles. The minimum absolute atomic E-state index is 0.0650. The molecule has 3 rings (SSSR count). The molecular formula is C32H45N5O2. The molecule has 0 saturated heterocycles. The fraction of sp³-hybridized carbons (Fsp3) is 0.469. The molecule has 0 radical (unpaired) electrons. The largest absolute Gasteiger partial charge is 0.322 e. The van der Waals surface area contributed by atoms with Crippen molar-refractivity contribution in [2.24, 2.45) is 0 Å². The van der Waals surface area contributed by atoms with Crippen molar-refractivity contribution >= 4 is 23.4 Å². The van der Waals surface area contributed by atoms with Crippen molar-refractivity contribution < 1.29 is 9.59 Å². The van der Waals surface area contributed by atoms with E-state index in [0.717, 1.165) is 40.2 Å². The summed E-state index contributed by atoms with van der Waals surface area (Å²) in [5.74, 6) is 0.813. The van der Waals surface area contributed by atoms with Crippen molar-refractivity contribution in [2.45, 2.75) is 86.0 Å². The molecule has 7 nitrogen and oxygen atoms in total. The molecule has 0 aliphatic heterocycles. The lowest BCUT2D eigenvalue weighted by Gasteiger charge is -2.25. The Kier molecular flexibility index (Phi) is 9.59. The number of carbonyl (C=O) groups is 2. The van der Waals surface area contributed by atoms with Gasteiger partial charge in [0, 0.05) is 23.7 Å². The van der Waals surface area contributed by atoms with Crippen molar-refractivity contribution in [1.29, 1.82) is 0 Å². The van der Waals surface area contributed by atoms with Crippen LogP contribution in [0.15, 0.2) is 48.5 Å². The number of para-hydroxylation sites is 1. The highest BCUT2D eigenvalue weighted by molar-refractivity contribution is 5.97. The zero-order valence-corrected chi connectivity index (χ0v) is 25.1. The molecular weight excluding hydrogens is 486 g/mol. The van der Waals surface area contributed by atoms with Crippen molar-refractivity contribution in [3.8, 4) is 5.69 Å². The molecule has 0 atom stereocenters. The highest BCUT2D eigenvalue weighted by Crippen LogP contribution is 2.32. The number of nitrogens with zero attached hydrogens (tertiary/aromatic N) is 3. The van der Waals surface area contributed by atoms with E-state index in [1.807, 2.05) is 50.2 Å². The highest BCUT2D eigenvalue weighted by atomic mass is 16.2. The number of urea groups is 1. The molecule has 0 unspecified atom stereocenters. The molecule has 39 heavy (non-hydrogen) atoms. The monoisotopic (exact) mass is 531 g/mol. The molecule has 1 aromatic heterocycles. The fourth-order valence-corrected chi connectivity index (χ4v) is 4.48. The normalized spacial score (nSPS) is 11.7. The molecule has 7 heteroatoms. The van der Waals surface area contributed by atoms with Crippen LogP contribution >= 0.6 is 0 Å². The van der Waals surface area contributed by atoms with Gasteiger partial charge in [0.2, 0.25) is 5.91 Å². The molecule has 210 valence electrons. The number of amides is 3. The summed E-state index contributed by atoms with van der Waals surface area (Å²) >= 11 is 0. The third kappa shape index (κ3) is 7.49. The predicted octanol–water partition coefficient (Wildman–Crippen LogP) is 7.61. The van der Waals surface area contributed by atoms with Crippen molar-refractivity contribution in [1.82, 2.24) is 14.7 Å². The quantitative estimate of drug-likeness (QED) is 0.298. The van der Waals surface area contributed by atoms with E-state index >= 15 is 0 Å². The first-order chi connectivity index (χ1) is 18.3. The Hall–Kier alpha value is -3.61. The van der Waals surface area contributed by atoms with Crippen LogP contribution in [0.4, 0.5) is 16.3 Å². The van der Waals surface area contributed by atoms with Gasteiger partial charge in [0.25, 0.3) is 0 Å². The maximum atomic E-state index is 13.5. The standard InChI is InChI=1S/C32H45N5O2/c1-10-18-36(31(39)34-30-25(21(2)3)12-11-13-26(30)22(4)5)20-29(38)33-28-19-27(32(7,8)9)35-37(28)24-16-14-23(6)15-17-24/h11-17,19,21-22H,10,18,20H2,1-9H3,(H,33,38)(H,34,39). The van der Waals surface area contributed by atoms with Crippen LogP contribution < -0.4 is 10.6 Å². The molecule has 0 saturated carbocycles.